The molecule has 5 N–H and O–H groups in total. The third-order valence-electron chi connectivity index (χ3n) is 27.1. The molecule has 10 aliphatic rings. The highest BCUT2D eigenvalue weighted by Gasteiger charge is 2.74. The predicted molar refractivity (Wildman–Crippen MR) is 273 cm³/mol. The van der Waals surface area contributed by atoms with Crippen LogP contribution in [-0.4, -0.2) is 62.6 Å². The van der Waals surface area contributed by atoms with E-state index >= 15 is 0 Å². The number of aliphatic carboxylic acids is 2. The van der Waals surface area contributed by atoms with Crippen molar-refractivity contribution in [3.8, 4) is 0 Å². The number of fused-ring (bicyclic) bond motifs is 14. The standard InChI is InChI=1S/C31H50O4.C30H48O4/c1-18-11-14-31(26(33)34)16-15-29(6)20(24(31)19(18)2)9-10-23-28(5)17-21(35-8)25(32)27(3,4)22(28)12-13-30(23,29)7;1-18-10-13-29(24(31)32)16-15-26(5)20(23(29)19(18)2)8-9-22-27(26,6)12-11-21-25(3,4)14-17-30(33,34)28(21,22)7/h9,18-19,21-25,32H,10-17H2,1-8H3,(H,33,34);8,18-19,21-23,33-34H,9-17H2,1-7H3,(H,31,32)/t18-,19+,21+,22+,23-,24+,25-,28+,29-,30-,31+;18-,19+,21+,22+,23+,26-,27-,28+,29+/m11/s1. The van der Waals surface area contributed by atoms with Crippen LogP contribution in [0.5, 0.6) is 0 Å². The summed E-state index contributed by atoms with van der Waals surface area (Å²) in [5, 5.41) is 55.4. The van der Waals surface area contributed by atoms with Gasteiger partial charge in [-0.15, -0.1) is 0 Å². The van der Waals surface area contributed by atoms with Crippen molar-refractivity contribution < 1.29 is 39.9 Å². The van der Waals surface area contributed by atoms with Gasteiger partial charge in [-0.2, -0.15) is 0 Å². The van der Waals surface area contributed by atoms with Crippen molar-refractivity contribution in [3.63, 3.8) is 0 Å². The third kappa shape index (κ3) is 6.49. The molecule has 69 heavy (non-hydrogen) atoms. The molecule has 8 nitrogen and oxygen atoms in total. The number of allylic oxidation sites excluding steroid dienone is 4. The molecular formula is C61H98O8. The first-order valence-electron chi connectivity index (χ1n) is 28.3. The Morgan fingerprint density at radius 2 is 1.01 bits per heavy atom. The topological polar surface area (TPSA) is 145 Å². The minimum atomic E-state index is -1.66. The smallest absolute Gasteiger partial charge is 0.310 e. The average Bonchev–Trinajstić information content (AvgIpc) is 3.27. The van der Waals surface area contributed by atoms with Gasteiger partial charge in [-0.1, -0.05) is 120 Å². The van der Waals surface area contributed by atoms with Crippen molar-refractivity contribution in [2.75, 3.05) is 7.11 Å². The molecular weight excluding hydrogens is 861 g/mol. The van der Waals surface area contributed by atoms with Gasteiger partial charge in [0, 0.05) is 18.9 Å². The molecule has 0 aliphatic heterocycles. The fourth-order valence-electron chi connectivity index (χ4n) is 22.0. The SMILES string of the molecule is CO[C@H]1C[C@]2(C)[C@H]3CC=C4[C@@H]5[C@@H](C)[C@H](C)CC[C@]5(C(=O)O)CC[C@@]4(C)[C@]3(C)CC[C@H]2C(C)(C)[C@@H]1O.C[C@H]1[C@H](C)CC[C@]2(C(=O)O)CC[C@]3(C)C(=CC[C@@H]4[C@]5(C)[C@@H](CC[C@]43C)C(C)(C)CCC5(O)O)[C@H]12. The summed E-state index contributed by atoms with van der Waals surface area (Å²) in [6, 6.07) is 0. The maximum Gasteiger partial charge on any atom is 0.310 e. The van der Waals surface area contributed by atoms with E-state index in [0.29, 0.717) is 41.9 Å². The fourth-order valence-corrected chi connectivity index (χ4v) is 22.0. The van der Waals surface area contributed by atoms with Crippen LogP contribution in [-0.2, 0) is 14.3 Å². The van der Waals surface area contributed by atoms with Crippen molar-refractivity contribution in [2.24, 2.45) is 113 Å². The van der Waals surface area contributed by atoms with Gasteiger partial charge in [-0.25, -0.2) is 0 Å². The maximum absolute atomic E-state index is 12.8. The van der Waals surface area contributed by atoms with Crippen LogP contribution in [0.25, 0.3) is 0 Å². The summed E-state index contributed by atoms with van der Waals surface area (Å²) in [6.07, 6.45) is 19.9. The summed E-state index contributed by atoms with van der Waals surface area (Å²) in [5.74, 6) is 0.709. The molecule has 0 saturated heterocycles. The highest BCUT2D eigenvalue weighted by atomic mass is 16.5. The summed E-state index contributed by atoms with van der Waals surface area (Å²) >= 11 is 0. The highest BCUT2D eigenvalue weighted by Crippen LogP contribution is 2.78. The largest absolute Gasteiger partial charge is 0.481 e. The van der Waals surface area contributed by atoms with E-state index in [4.69, 9.17) is 4.74 Å². The first kappa shape index (κ1) is 52.1. The summed E-state index contributed by atoms with van der Waals surface area (Å²) in [4.78, 5) is 25.7. The molecule has 0 heterocycles. The normalized spacial score (nSPS) is 54.2. The number of carboxylic acid groups (broad SMARTS) is 2. The zero-order valence-corrected chi connectivity index (χ0v) is 46.1. The van der Waals surface area contributed by atoms with Crippen molar-refractivity contribution in [1.82, 2.24) is 0 Å². The number of hydrogen-bond donors (Lipinski definition) is 5. The Morgan fingerprint density at radius 1 is 0.565 bits per heavy atom. The molecule has 0 spiro atoms. The number of carboxylic acids is 2. The minimum absolute atomic E-state index is 0.0294. The molecule has 10 aliphatic carbocycles. The Balaban J connectivity index is 0.000000172. The van der Waals surface area contributed by atoms with Crippen LogP contribution in [0.1, 0.15) is 206 Å². The number of methoxy groups -OCH3 is 1. The highest BCUT2D eigenvalue weighted by molar-refractivity contribution is 5.77. The van der Waals surface area contributed by atoms with Crippen molar-refractivity contribution in [3.05, 3.63) is 23.3 Å². The van der Waals surface area contributed by atoms with E-state index in [0.717, 1.165) is 103 Å². The molecule has 20 atom stereocenters. The van der Waals surface area contributed by atoms with Gasteiger partial charge >= 0.3 is 11.9 Å². The second kappa shape index (κ2) is 16.1. The van der Waals surface area contributed by atoms with Crippen LogP contribution < -0.4 is 0 Å². The summed E-state index contributed by atoms with van der Waals surface area (Å²) in [5.41, 5.74) is 1.09. The van der Waals surface area contributed by atoms with E-state index in [2.05, 4.69) is 109 Å². The number of carbonyl (C=O) groups is 2. The van der Waals surface area contributed by atoms with Crippen molar-refractivity contribution >= 4 is 11.9 Å². The van der Waals surface area contributed by atoms with E-state index in [9.17, 15) is 35.1 Å². The van der Waals surface area contributed by atoms with Gasteiger partial charge in [0.1, 0.15) is 0 Å². The molecule has 0 radical (unpaired) electrons. The lowest BCUT2D eigenvalue weighted by molar-refractivity contribution is -0.340. The van der Waals surface area contributed by atoms with Crippen LogP contribution in [0.2, 0.25) is 0 Å². The number of hydrogen-bond acceptors (Lipinski definition) is 6. The zero-order valence-electron chi connectivity index (χ0n) is 46.1. The Morgan fingerprint density at radius 3 is 1.48 bits per heavy atom. The van der Waals surface area contributed by atoms with Crippen molar-refractivity contribution in [2.45, 2.75) is 224 Å². The van der Waals surface area contributed by atoms with E-state index in [1.54, 1.807) is 7.11 Å². The molecule has 0 unspecified atom stereocenters. The summed E-state index contributed by atoms with van der Waals surface area (Å²) in [7, 11) is 1.76. The molecule has 8 saturated carbocycles. The maximum atomic E-state index is 12.8. The lowest BCUT2D eigenvalue weighted by atomic mass is 9.32. The number of rotatable bonds is 3. The van der Waals surface area contributed by atoms with E-state index in [1.807, 2.05) is 0 Å². The lowest BCUT2D eigenvalue weighted by Gasteiger charge is -2.72. The lowest BCUT2D eigenvalue weighted by Crippen LogP contribution is -2.70. The monoisotopic (exact) mass is 959 g/mol. The van der Waals surface area contributed by atoms with Gasteiger partial charge in [0.25, 0.3) is 0 Å². The fraction of sp³-hybridized carbons (Fsp3) is 0.902. The molecule has 8 fully saturated rings. The quantitative estimate of drug-likeness (QED) is 0.139. The van der Waals surface area contributed by atoms with Crippen LogP contribution >= 0.6 is 0 Å². The number of aliphatic hydroxyl groups excluding tert-OH is 1. The molecule has 0 aromatic rings. The van der Waals surface area contributed by atoms with Gasteiger partial charge < -0.3 is 30.3 Å². The van der Waals surface area contributed by atoms with Gasteiger partial charge in [-0.05, 0) is 200 Å². The first-order valence-corrected chi connectivity index (χ1v) is 28.3. The molecule has 8 heteroatoms. The van der Waals surface area contributed by atoms with E-state index < -0.39 is 40.1 Å². The second-order valence-corrected chi connectivity index (χ2v) is 29.5. The van der Waals surface area contributed by atoms with Crippen LogP contribution in [0.15, 0.2) is 23.3 Å². The minimum Gasteiger partial charge on any atom is -0.481 e. The Kier molecular flexibility index (Phi) is 12.2. The Hall–Kier alpha value is -1.74. The molecule has 0 aromatic carbocycles. The van der Waals surface area contributed by atoms with Gasteiger partial charge in [-0.3, -0.25) is 9.59 Å². The number of aliphatic hydroxyl groups is 3. The molecule has 390 valence electrons. The van der Waals surface area contributed by atoms with E-state index in [-0.39, 0.29) is 67.7 Å². The summed E-state index contributed by atoms with van der Waals surface area (Å²) in [6.45, 7) is 33.0. The first-order chi connectivity index (χ1) is 31.8. The molecule has 0 amide bonds. The zero-order chi connectivity index (χ0) is 50.9. The van der Waals surface area contributed by atoms with Gasteiger partial charge in [0.15, 0.2) is 5.79 Å². The van der Waals surface area contributed by atoms with Crippen LogP contribution in [0.3, 0.4) is 0 Å². The van der Waals surface area contributed by atoms with Crippen LogP contribution in [0, 0.1) is 113 Å². The summed E-state index contributed by atoms with van der Waals surface area (Å²) < 4.78 is 5.90. The molecule has 0 aromatic heterocycles. The molecule has 0 bridgehead atoms. The second-order valence-electron chi connectivity index (χ2n) is 29.5. The van der Waals surface area contributed by atoms with E-state index in [1.165, 1.54) is 11.1 Å². The third-order valence-corrected chi connectivity index (χ3v) is 27.1. The van der Waals surface area contributed by atoms with Crippen LogP contribution in [0.4, 0.5) is 0 Å². The van der Waals surface area contributed by atoms with Crippen molar-refractivity contribution in [1.29, 1.82) is 0 Å². The average molecular weight is 959 g/mol. The van der Waals surface area contributed by atoms with Gasteiger partial charge in [0.2, 0.25) is 0 Å². The predicted octanol–water partition coefficient (Wildman–Crippen LogP) is 13.1. The van der Waals surface area contributed by atoms with Gasteiger partial charge in [0.05, 0.1) is 23.0 Å². The Bertz CT molecular complexity index is 2140. The Labute approximate surface area is 418 Å². The number of ether oxygens (including phenoxy) is 1. The molecule has 10 rings (SSSR count).